The minimum absolute atomic E-state index is 0.191. The minimum atomic E-state index is -0.702. The normalized spacial score (nSPS) is 34.6. The SMILES string of the molecule is CC1OCCC1S(=O)CCNC1CC1. The molecule has 1 aliphatic carbocycles. The van der Waals surface area contributed by atoms with Crippen LogP contribution in [0.5, 0.6) is 0 Å². The molecule has 4 heteroatoms. The van der Waals surface area contributed by atoms with Crippen LogP contribution >= 0.6 is 0 Å². The van der Waals surface area contributed by atoms with E-state index in [1.807, 2.05) is 6.92 Å². The fourth-order valence-electron chi connectivity index (χ4n) is 1.86. The van der Waals surface area contributed by atoms with Gasteiger partial charge in [-0.15, -0.1) is 0 Å². The van der Waals surface area contributed by atoms with Gasteiger partial charge in [0.1, 0.15) is 0 Å². The molecule has 0 amide bonds. The summed E-state index contributed by atoms with van der Waals surface area (Å²) in [6, 6.07) is 0.726. The van der Waals surface area contributed by atoms with E-state index >= 15 is 0 Å². The molecule has 2 fully saturated rings. The lowest BCUT2D eigenvalue weighted by Gasteiger charge is -2.13. The molecular weight excluding hydrogens is 198 g/mol. The van der Waals surface area contributed by atoms with Gasteiger partial charge in [0.05, 0.1) is 11.4 Å². The van der Waals surface area contributed by atoms with E-state index < -0.39 is 10.8 Å². The molecule has 3 unspecified atom stereocenters. The maximum atomic E-state index is 11.8. The van der Waals surface area contributed by atoms with Crippen molar-refractivity contribution in [1.29, 1.82) is 0 Å². The van der Waals surface area contributed by atoms with Crippen molar-refractivity contribution in [2.45, 2.75) is 43.6 Å². The Morgan fingerprint density at radius 2 is 2.21 bits per heavy atom. The first kappa shape index (κ1) is 10.6. The monoisotopic (exact) mass is 217 g/mol. The van der Waals surface area contributed by atoms with Gasteiger partial charge in [-0.1, -0.05) is 0 Å². The van der Waals surface area contributed by atoms with E-state index in [1.54, 1.807) is 0 Å². The summed E-state index contributed by atoms with van der Waals surface area (Å²) in [6.45, 7) is 3.72. The lowest BCUT2D eigenvalue weighted by Crippen LogP contribution is -2.30. The molecule has 1 aliphatic heterocycles. The fraction of sp³-hybridized carbons (Fsp3) is 1.00. The van der Waals surface area contributed by atoms with Crippen LogP contribution in [0.3, 0.4) is 0 Å². The molecule has 3 nitrogen and oxygen atoms in total. The van der Waals surface area contributed by atoms with Gasteiger partial charge in [-0.2, -0.15) is 0 Å². The predicted octanol–water partition coefficient (Wildman–Crippen LogP) is 0.664. The largest absolute Gasteiger partial charge is 0.377 e. The molecule has 3 atom stereocenters. The second-order valence-electron chi connectivity index (χ2n) is 4.22. The summed E-state index contributed by atoms with van der Waals surface area (Å²) in [4.78, 5) is 0. The summed E-state index contributed by atoms with van der Waals surface area (Å²) in [5.41, 5.74) is 0. The van der Waals surface area contributed by atoms with E-state index in [4.69, 9.17) is 4.74 Å². The van der Waals surface area contributed by atoms with E-state index in [-0.39, 0.29) is 11.4 Å². The molecule has 0 aromatic heterocycles. The molecule has 1 saturated carbocycles. The summed E-state index contributed by atoms with van der Waals surface area (Å²) < 4.78 is 17.3. The first-order chi connectivity index (χ1) is 6.77. The lowest BCUT2D eigenvalue weighted by atomic mass is 10.3. The number of ether oxygens (including phenoxy) is 1. The van der Waals surface area contributed by atoms with Crippen LogP contribution in [-0.2, 0) is 15.5 Å². The van der Waals surface area contributed by atoms with Gasteiger partial charge < -0.3 is 10.1 Å². The van der Waals surface area contributed by atoms with Crippen LogP contribution in [0.25, 0.3) is 0 Å². The highest BCUT2D eigenvalue weighted by atomic mass is 32.2. The highest BCUT2D eigenvalue weighted by Crippen LogP contribution is 2.20. The number of nitrogens with one attached hydrogen (secondary N) is 1. The maximum Gasteiger partial charge on any atom is 0.0691 e. The molecule has 1 N–H and O–H groups in total. The first-order valence-corrected chi connectivity index (χ1v) is 6.88. The molecule has 0 radical (unpaired) electrons. The number of rotatable bonds is 5. The Bertz CT molecular complexity index is 218. The Hall–Kier alpha value is 0.0700. The Balaban J connectivity index is 1.65. The third-order valence-electron chi connectivity index (χ3n) is 2.96. The first-order valence-electron chi connectivity index (χ1n) is 5.49. The lowest BCUT2D eigenvalue weighted by molar-refractivity contribution is 0.127. The Morgan fingerprint density at radius 1 is 1.43 bits per heavy atom. The van der Waals surface area contributed by atoms with Crippen molar-refractivity contribution in [2.75, 3.05) is 18.9 Å². The summed E-state index contributed by atoms with van der Waals surface area (Å²) in [6.07, 6.45) is 3.76. The zero-order valence-electron chi connectivity index (χ0n) is 8.70. The van der Waals surface area contributed by atoms with Gasteiger partial charge in [0.25, 0.3) is 0 Å². The van der Waals surface area contributed by atoms with Crippen LogP contribution in [-0.4, -0.2) is 40.5 Å². The third kappa shape index (κ3) is 2.78. The van der Waals surface area contributed by atoms with Crippen molar-refractivity contribution in [3.8, 4) is 0 Å². The van der Waals surface area contributed by atoms with Gasteiger partial charge in [0.15, 0.2) is 0 Å². The Labute approximate surface area is 88.0 Å². The van der Waals surface area contributed by atoms with E-state index in [2.05, 4.69) is 5.32 Å². The van der Waals surface area contributed by atoms with E-state index in [1.165, 1.54) is 12.8 Å². The molecule has 2 rings (SSSR count). The highest BCUT2D eigenvalue weighted by molar-refractivity contribution is 7.85. The predicted molar refractivity (Wildman–Crippen MR) is 57.9 cm³/mol. The van der Waals surface area contributed by atoms with Crippen LogP contribution in [0.2, 0.25) is 0 Å². The molecule has 0 aromatic carbocycles. The van der Waals surface area contributed by atoms with Crippen molar-refractivity contribution < 1.29 is 8.95 Å². The maximum absolute atomic E-state index is 11.8. The van der Waals surface area contributed by atoms with Gasteiger partial charge in [0, 0.05) is 35.7 Å². The van der Waals surface area contributed by atoms with Crippen LogP contribution in [0.15, 0.2) is 0 Å². The average molecular weight is 217 g/mol. The Morgan fingerprint density at radius 3 is 2.79 bits per heavy atom. The molecule has 2 aliphatic rings. The van der Waals surface area contributed by atoms with E-state index in [0.29, 0.717) is 0 Å². The zero-order chi connectivity index (χ0) is 9.97. The van der Waals surface area contributed by atoms with Crippen LogP contribution in [0.4, 0.5) is 0 Å². The minimum Gasteiger partial charge on any atom is -0.377 e. The average Bonchev–Trinajstić information content (AvgIpc) is 2.87. The highest BCUT2D eigenvalue weighted by Gasteiger charge is 2.29. The van der Waals surface area contributed by atoms with Crippen LogP contribution in [0, 0.1) is 0 Å². The summed E-state index contributed by atoms with van der Waals surface area (Å²) in [5.74, 6) is 0.787. The number of hydrogen-bond donors (Lipinski definition) is 1. The summed E-state index contributed by atoms with van der Waals surface area (Å²) in [7, 11) is -0.702. The molecule has 0 aromatic rings. The van der Waals surface area contributed by atoms with Gasteiger partial charge in [0.2, 0.25) is 0 Å². The van der Waals surface area contributed by atoms with Crippen molar-refractivity contribution in [3.63, 3.8) is 0 Å². The quantitative estimate of drug-likeness (QED) is 0.735. The summed E-state index contributed by atoms with van der Waals surface area (Å²) in [5, 5.41) is 3.67. The van der Waals surface area contributed by atoms with E-state index in [0.717, 1.165) is 31.4 Å². The molecular formula is C10H19NO2S. The van der Waals surface area contributed by atoms with Crippen LogP contribution in [0.1, 0.15) is 26.2 Å². The molecule has 1 heterocycles. The second-order valence-corrected chi connectivity index (χ2v) is 5.99. The Kier molecular flexibility index (Phi) is 3.57. The van der Waals surface area contributed by atoms with Gasteiger partial charge in [-0.3, -0.25) is 4.21 Å². The van der Waals surface area contributed by atoms with Crippen molar-refractivity contribution >= 4 is 10.8 Å². The molecule has 82 valence electrons. The van der Waals surface area contributed by atoms with Gasteiger partial charge >= 0.3 is 0 Å². The molecule has 0 spiro atoms. The molecule has 14 heavy (non-hydrogen) atoms. The van der Waals surface area contributed by atoms with Crippen molar-refractivity contribution in [1.82, 2.24) is 5.32 Å². The molecule has 0 bridgehead atoms. The van der Waals surface area contributed by atoms with Crippen molar-refractivity contribution in [2.24, 2.45) is 0 Å². The van der Waals surface area contributed by atoms with Gasteiger partial charge in [-0.25, -0.2) is 0 Å². The summed E-state index contributed by atoms with van der Waals surface area (Å²) >= 11 is 0. The number of hydrogen-bond acceptors (Lipinski definition) is 3. The molecule has 1 saturated heterocycles. The second kappa shape index (κ2) is 4.73. The topological polar surface area (TPSA) is 38.3 Å². The standard InChI is InChI=1S/C10H19NO2S/c1-8-10(4-6-13-8)14(12)7-5-11-9-2-3-9/h8-11H,2-7H2,1H3. The van der Waals surface area contributed by atoms with E-state index in [9.17, 15) is 4.21 Å². The smallest absolute Gasteiger partial charge is 0.0691 e. The van der Waals surface area contributed by atoms with Gasteiger partial charge in [-0.05, 0) is 26.2 Å². The third-order valence-corrected chi connectivity index (χ3v) is 4.86. The van der Waals surface area contributed by atoms with Crippen molar-refractivity contribution in [3.05, 3.63) is 0 Å². The van der Waals surface area contributed by atoms with Crippen LogP contribution < -0.4 is 5.32 Å². The fourth-order valence-corrected chi connectivity index (χ4v) is 3.35. The zero-order valence-corrected chi connectivity index (χ0v) is 9.52.